The van der Waals surface area contributed by atoms with Crippen molar-refractivity contribution >= 4 is 0 Å². The molecule has 1 rings (SSSR count). The van der Waals surface area contributed by atoms with Crippen LogP contribution in [0.15, 0.2) is 12.2 Å². The van der Waals surface area contributed by atoms with Gasteiger partial charge in [-0.25, -0.2) is 0 Å². The molecule has 1 aliphatic carbocycles. The van der Waals surface area contributed by atoms with Crippen LogP contribution < -0.4 is 0 Å². The zero-order chi connectivity index (χ0) is 11.4. The second kappa shape index (κ2) is 5.72. The van der Waals surface area contributed by atoms with Crippen LogP contribution in [0.4, 0.5) is 0 Å². The summed E-state index contributed by atoms with van der Waals surface area (Å²) in [4.78, 5) is 0. The molecule has 0 aromatic heterocycles. The summed E-state index contributed by atoms with van der Waals surface area (Å²) in [5.74, 6) is 4.18. The lowest BCUT2D eigenvalue weighted by molar-refractivity contribution is 0.244. The van der Waals surface area contributed by atoms with Crippen LogP contribution in [0.25, 0.3) is 0 Å². The van der Waals surface area contributed by atoms with Crippen LogP contribution in [0.1, 0.15) is 53.9 Å². The van der Waals surface area contributed by atoms with E-state index < -0.39 is 0 Å². The molecule has 0 aromatic rings. The SMILES string of the molecule is CCC(C)C1C=CC(C)CC(C)CC1C. The maximum absolute atomic E-state index is 2.51. The molecular formula is C15H28. The Balaban J connectivity index is 2.75. The van der Waals surface area contributed by atoms with Gasteiger partial charge in [0.15, 0.2) is 0 Å². The predicted octanol–water partition coefficient (Wildman–Crippen LogP) is 4.91. The third-order valence-corrected chi connectivity index (χ3v) is 4.17. The van der Waals surface area contributed by atoms with E-state index in [2.05, 4.69) is 46.8 Å². The van der Waals surface area contributed by atoms with E-state index in [0.29, 0.717) is 0 Å². The van der Waals surface area contributed by atoms with Gasteiger partial charge in [-0.2, -0.15) is 0 Å². The minimum atomic E-state index is 0.777. The van der Waals surface area contributed by atoms with Gasteiger partial charge in [0.1, 0.15) is 0 Å². The van der Waals surface area contributed by atoms with E-state index in [9.17, 15) is 0 Å². The molecule has 0 amide bonds. The Morgan fingerprint density at radius 1 is 1.13 bits per heavy atom. The highest BCUT2D eigenvalue weighted by Crippen LogP contribution is 2.34. The Morgan fingerprint density at radius 3 is 2.40 bits per heavy atom. The first-order chi connectivity index (χ1) is 7.04. The molecule has 5 unspecified atom stereocenters. The summed E-state index contributed by atoms with van der Waals surface area (Å²) in [5, 5.41) is 0. The highest BCUT2D eigenvalue weighted by atomic mass is 14.3. The quantitative estimate of drug-likeness (QED) is 0.566. The lowest BCUT2D eigenvalue weighted by Gasteiger charge is -2.31. The summed E-state index contributed by atoms with van der Waals surface area (Å²) in [6.07, 6.45) is 9.05. The summed E-state index contributed by atoms with van der Waals surface area (Å²) in [5.41, 5.74) is 0. The number of hydrogen-bond acceptors (Lipinski definition) is 0. The van der Waals surface area contributed by atoms with E-state index >= 15 is 0 Å². The van der Waals surface area contributed by atoms with Crippen LogP contribution in [0, 0.1) is 29.6 Å². The summed E-state index contributed by atoms with van der Waals surface area (Å²) in [6, 6.07) is 0. The fourth-order valence-corrected chi connectivity index (χ4v) is 3.13. The summed E-state index contributed by atoms with van der Waals surface area (Å²) < 4.78 is 0. The first-order valence-corrected chi connectivity index (χ1v) is 6.72. The first kappa shape index (κ1) is 12.8. The van der Waals surface area contributed by atoms with Gasteiger partial charge in [-0.1, -0.05) is 53.2 Å². The van der Waals surface area contributed by atoms with Crippen LogP contribution in [0.3, 0.4) is 0 Å². The lowest BCUT2D eigenvalue weighted by Crippen LogP contribution is -2.22. The molecule has 0 heteroatoms. The van der Waals surface area contributed by atoms with Gasteiger partial charge >= 0.3 is 0 Å². The Kier molecular flexibility index (Phi) is 4.89. The molecule has 0 nitrogen and oxygen atoms in total. The van der Waals surface area contributed by atoms with E-state index in [1.165, 1.54) is 19.3 Å². The molecule has 0 bridgehead atoms. The molecule has 1 aliphatic rings. The predicted molar refractivity (Wildman–Crippen MR) is 68.8 cm³/mol. The third-order valence-electron chi connectivity index (χ3n) is 4.17. The van der Waals surface area contributed by atoms with Gasteiger partial charge < -0.3 is 0 Å². The maximum Gasteiger partial charge on any atom is -0.0182 e. The maximum atomic E-state index is 2.51. The minimum Gasteiger partial charge on any atom is -0.0854 e. The highest BCUT2D eigenvalue weighted by molar-refractivity contribution is 4.97. The van der Waals surface area contributed by atoms with Gasteiger partial charge in [-0.15, -0.1) is 0 Å². The van der Waals surface area contributed by atoms with Gasteiger partial charge in [0.25, 0.3) is 0 Å². The van der Waals surface area contributed by atoms with Gasteiger partial charge in [-0.3, -0.25) is 0 Å². The van der Waals surface area contributed by atoms with Crippen LogP contribution in [0.2, 0.25) is 0 Å². The van der Waals surface area contributed by atoms with E-state index in [-0.39, 0.29) is 0 Å². The van der Waals surface area contributed by atoms with Crippen molar-refractivity contribution in [3.63, 3.8) is 0 Å². The van der Waals surface area contributed by atoms with Gasteiger partial charge in [0.2, 0.25) is 0 Å². The first-order valence-electron chi connectivity index (χ1n) is 6.72. The highest BCUT2D eigenvalue weighted by Gasteiger charge is 2.24. The van der Waals surface area contributed by atoms with Crippen molar-refractivity contribution in [1.29, 1.82) is 0 Å². The zero-order valence-electron chi connectivity index (χ0n) is 11.2. The second-order valence-electron chi connectivity index (χ2n) is 5.88. The summed E-state index contributed by atoms with van der Waals surface area (Å²) in [7, 11) is 0. The van der Waals surface area contributed by atoms with E-state index in [1.807, 2.05) is 0 Å². The molecule has 0 aliphatic heterocycles. The van der Waals surface area contributed by atoms with Crippen molar-refractivity contribution in [2.45, 2.75) is 53.9 Å². The molecule has 0 N–H and O–H groups in total. The average molecular weight is 208 g/mol. The van der Waals surface area contributed by atoms with Gasteiger partial charge in [0.05, 0.1) is 0 Å². The zero-order valence-corrected chi connectivity index (χ0v) is 11.2. The molecule has 0 fully saturated rings. The fourth-order valence-electron chi connectivity index (χ4n) is 3.13. The number of hydrogen-bond donors (Lipinski definition) is 0. The Morgan fingerprint density at radius 2 is 1.80 bits per heavy atom. The fraction of sp³-hybridized carbons (Fsp3) is 0.867. The smallest absolute Gasteiger partial charge is 0.0182 e. The number of allylic oxidation sites excluding steroid dienone is 2. The minimum absolute atomic E-state index is 0.777. The van der Waals surface area contributed by atoms with Crippen molar-refractivity contribution in [3.8, 4) is 0 Å². The van der Waals surface area contributed by atoms with E-state index in [4.69, 9.17) is 0 Å². The molecule has 5 atom stereocenters. The number of rotatable bonds is 2. The molecule has 0 radical (unpaired) electrons. The summed E-state index contributed by atoms with van der Waals surface area (Å²) >= 11 is 0. The van der Waals surface area contributed by atoms with E-state index in [1.54, 1.807) is 0 Å². The molecule has 15 heavy (non-hydrogen) atoms. The van der Waals surface area contributed by atoms with Gasteiger partial charge in [0, 0.05) is 0 Å². The Bertz CT molecular complexity index is 204. The van der Waals surface area contributed by atoms with E-state index in [0.717, 1.165) is 29.6 Å². The molecule has 0 spiro atoms. The summed E-state index contributed by atoms with van der Waals surface area (Å²) in [6.45, 7) is 11.9. The van der Waals surface area contributed by atoms with Crippen LogP contribution in [-0.2, 0) is 0 Å². The van der Waals surface area contributed by atoms with Crippen LogP contribution in [0.5, 0.6) is 0 Å². The van der Waals surface area contributed by atoms with Gasteiger partial charge in [-0.05, 0) is 42.4 Å². The molecule has 0 saturated carbocycles. The monoisotopic (exact) mass is 208 g/mol. The molecule has 88 valence electrons. The van der Waals surface area contributed by atoms with Crippen molar-refractivity contribution in [3.05, 3.63) is 12.2 Å². The standard InChI is InChI=1S/C15H28/c1-6-13(4)15-8-7-11(2)9-12(3)10-14(15)5/h7-8,11-15H,6,9-10H2,1-5H3. The van der Waals surface area contributed by atoms with Crippen molar-refractivity contribution in [2.75, 3.05) is 0 Å². The molecule has 0 saturated heterocycles. The topological polar surface area (TPSA) is 0 Å². The Hall–Kier alpha value is -0.260. The Labute approximate surface area is 96.2 Å². The van der Waals surface area contributed by atoms with Crippen LogP contribution in [-0.4, -0.2) is 0 Å². The van der Waals surface area contributed by atoms with Crippen molar-refractivity contribution in [1.82, 2.24) is 0 Å². The van der Waals surface area contributed by atoms with Crippen molar-refractivity contribution in [2.24, 2.45) is 29.6 Å². The molecular weight excluding hydrogens is 180 g/mol. The van der Waals surface area contributed by atoms with Crippen LogP contribution >= 0.6 is 0 Å². The normalized spacial score (nSPS) is 39.5. The largest absolute Gasteiger partial charge is 0.0854 e. The van der Waals surface area contributed by atoms with Crippen molar-refractivity contribution < 1.29 is 0 Å². The molecule has 0 aromatic carbocycles. The second-order valence-corrected chi connectivity index (χ2v) is 5.88. The third kappa shape index (κ3) is 3.66. The lowest BCUT2D eigenvalue weighted by atomic mass is 9.74. The molecule has 0 heterocycles. The average Bonchev–Trinajstić information content (AvgIpc) is 2.15.